The van der Waals surface area contributed by atoms with Crippen molar-refractivity contribution in [3.63, 3.8) is 0 Å². The fraction of sp³-hybridized carbons (Fsp3) is 0.810. The van der Waals surface area contributed by atoms with Gasteiger partial charge in [-0.2, -0.15) is 0 Å². The van der Waals surface area contributed by atoms with Crippen molar-refractivity contribution in [1.29, 1.82) is 0 Å². The van der Waals surface area contributed by atoms with E-state index in [0.29, 0.717) is 5.92 Å². The molecule has 2 aliphatic heterocycles. The van der Waals surface area contributed by atoms with Crippen LogP contribution in [0, 0.1) is 17.8 Å². The third kappa shape index (κ3) is 5.46. The minimum atomic E-state index is 0.705. The predicted molar refractivity (Wildman–Crippen MR) is 102 cm³/mol. The van der Waals surface area contributed by atoms with Gasteiger partial charge < -0.3 is 0 Å². The van der Waals surface area contributed by atoms with Crippen LogP contribution in [0.5, 0.6) is 0 Å². The Labute approximate surface area is 144 Å². The molecule has 0 aromatic heterocycles. The van der Waals surface area contributed by atoms with Crippen molar-refractivity contribution in [2.45, 2.75) is 59.9 Å². The van der Waals surface area contributed by atoms with Crippen LogP contribution in [0.3, 0.4) is 0 Å². The highest BCUT2D eigenvalue weighted by Gasteiger charge is 2.23. The Hall–Kier alpha value is -0.600. The summed E-state index contributed by atoms with van der Waals surface area (Å²) in [6.07, 6.45) is 11.3. The van der Waals surface area contributed by atoms with Gasteiger partial charge in [-0.3, -0.25) is 9.80 Å². The zero-order valence-corrected chi connectivity index (χ0v) is 16.1. The fourth-order valence-electron chi connectivity index (χ4n) is 3.94. The summed E-state index contributed by atoms with van der Waals surface area (Å²) in [5.41, 5.74) is 1.64. The van der Waals surface area contributed by atoms with E-state index < -0.39 is 0 Å². The lowest BCUT2D eigenvalue weighted by Crippen LogP contribution is -2.39. The summed E-state index contributed by atoms with van der Waals surface area (Å²) >= 11 is 0. The van der Waals surface area contributed by atoms with Crippen LogP contribution in [0.1, 0.15) is 53.9 Å². The van der Waals surface area contributed by atoms with E-state index in [-0.39, 0.29) is 0 Å². The van der Waals surface area contributed by atoms with Crippen LogP contribution in [0.15, 0.2) is 23.8 Å². The summed E-state index contributed by atoms with van der Waals surface area (Å²) in [4.78, 5) is 5.27. The van der Waals surface area contributed by atoms with Crippen LogP contribution in [0.4, 0.5) is 0 Å². The molecule has 3 atom stereocenters. The number of likely N-dealkylation sites (N-methyl/N-ethyl adjacent to an activating group) is 1. The molecule has 0 spiro atoms. The molecule has 2 aliphatic rings. The molecule has 2 rings (SSSR count). The van der Waals surface area contributed by atoms with Crippen molar-refractivity contribution in [2.24, 2.45) is 17.8 Å². The van der Waals surface area contributed by atoms with E-state index in [1.165, 1.54) is 45.4 Å². The monoisotopic (exact) mass is 318 g/mol. The van der Waals surface area contributed by atoms with E-state index in [4.69, 9.17) is 0 Å². The Morgan fingerprint density at radius 1 is 1.17 bits per heavy atom. The van der Waals surface area contributed by atoms with Gasteiger partial charge in [-0.05, 0) is 50.5 Å². The predicted octanol–water partition coefficient (Wildman–Crippen LogP) is 4.59. The SMILES string of the molecule is CCN1CC=CC(C(C)CCC(C)N2CCC=C(C(C)C)C2)C1. The van der Waals surface area contributed by atoms with Gasteiger partial charge in [-0.1, -0.05) is 51.5 Å². The first-order valence-electron chi connectivity index (χ1n) is 9.83. The summed E-state index contributed by atoms with van der Waals surface area (Å²) in [5, 5.41) is 0. The van der Waals surface area contributed by atoms with Crippen LogP contribution in [0.2, 0.25) is 0 Å². The molecule has 0 aromatic carbocycles. The first-order valence-corrected chi connectivity index (χ1v) is 9.83. The van der Waals surface area contributed by atoms with Crippen molar-refractivity contribution in [3.8, 4) is 0 Å². The second-order valence-electron chi connectivity index (χ2n) is 8.04. The molecular formula is C21H38N2. The number of hydrogen-bond donors (Lipinski definition) is 0. The lowest BCUT2D eigenvalue weighted by molar-refractivity contribution is 0.182. The van der Waals surface area contributed by atoms with Gasteiger partial charge in [0, 0.05) is 32.2 Å². The zero-order valence-electron chi connectivity index (χ0n) is 16.1. The van der Waals surface area contributed by atoms with Gasteiger partial charge in [0.25, 0.3) is 0 Å². The Morgan fingerprint density at radius 2 is 1.96 bits per heavy atom. The van der Waals surface area contributed by atoms with Crippen molar-refractivity contribution in [1.82, 2.24) is 9.80 Å². The maximum absolute atomic E-state index is 2.71. The molecule has 132 valence electrons. The van der Waals surface area contributed by atoms with Gasteiger partial charge in [-0.25, -0.2) is 0 Å². The van der Waals surface area contributed by atoms with E-state index in [0.717, 1.165) is 24.4 Å². The molecule has 0 fully saturated rings. The molecule has 0 aromatic rings. The summed E-state index contributed by atoms with van der Waals surface area (Å²) in [5.74, 6) is 2.26. The van der Waals surface area contributed by atoms with E-state index >= 15 is 0 Å². The highest BCUT2D eigenvalue weighted by atomic mass is 15.2. The van der Waals surface area contributed by atoms with E-state index in [2.05, 4.69) is 62.6 Å². The standard InChI is InChI=1S/C21H38N2/c1-6-22-13-7-10-21(15-22)18(4)11-12-19(5)23-14-8-9-20(16-23)17(2)3/h7,9-10,17-19,21H,6,8,11-16H2,1-5H3. The smallest absolute Gasteiger partial charge is 0.0198 e. The molecule has 2 heteroatoms. The third-order valence-electron chi connectivity index (χ3n) is 6.01. The van der Waals surface area contributed by atoms with E-state index in [1.807, 2.05) is 0 Å². The van der Waals surface area contributed by atoms with E-state index in [9.17, 15) is 0 Å². The van der Waals surface area contributed by atoms with Crippen LogP contribution in [-0.2, 0) is 0 Å². The summed E-state index contributed by atoms with van der Waals surface area (Å²) < 4.78 is 0. The number of rotatable bonds is 7. The molecule has 23 heavy (non-hydrogen) atoms. The summed E-state index contributed by atoms with van der Waals surface area (Å²) in [6, 6.07) is 0.717. The molecular weight excluding hydrogens is 280 g/mol. The molecule has 0 amide bonds. The first-order chi connectivity index (χ1) is 11.0. The molecule has 0 aliphatic carbocycles. The minimum absolute atomic E-state index is 0.705. The van der Waals surface area contributed by atoms with Crippen LogP contribution in [-0.4, -0.2) is 48.6 Å². The molecule has 0 saturated heterocycles. The average molecular weight is 319 g/mol. The Morgan fingerprint density at radius 3 is 2.65 bits per heavy atom. The molecule has 3 unspecified atom stereocenters. The molecule has 0 bridgehead atoms. The molecule has 0 saturated carbocycles. The Kier molecular flexibility index (Phi) is 7.36. The van der Waals surface area contributed by atoms with E-state index in [1.54, 1.807) is 5.57 Å². The fourth-order valence-corrected chi connectivity index (χ4v) is 3.94. The van der Waals surface area contributed by atoms with Crippen molar-refractivity contribution in [3.05, 3.63) is 23.8 Å². The maximum Gasteiger partial charge on any atom is 0.0198 e. The second-order valence-corrected chi connectivity index (χ2v) is 8.04. The summed E-state index contributed by atoms with van der Waals surface area (Å²) in [6.45, 7) is 17.9. The topological polar surface area (TPSA) is 6.48 Å². The first kappa shape index (κ1) is 18.7. The van der Waals surface area contributed by atoms with Crippen LogP contribution in [0.25, 0.3) is 0 Å². The highest BCUT2D eigenvalue weighted by molar-refractivity contribution is 5.11. The zero-order chi connectivity index (χ0) is 16.8. The lowest BCUT2D eigenvalue weighted by atomic mass is 9.86. The quantitative estimate of drug-likeness (QED) is 0.634. The van der Waals surface area contributed by atoms with Crippen LogP contribution >= 0.6 is 0 Å². The number of nitrogens with zero attached hydrogens (tertiary/aromatic N) is 2. The van der Waals surface area contributed by atoms with Crippen molar-refractivity contribution in [2.75, 3.05) is 32.7 Å². The van der Waals surface area contributed by atoms with Crippen molar-refractivity contribution < 1.29 is 0 Å². The maximum atomic E-state index is 2.71. The molecule has 2 nitrogen and oxygen atoms in total. The van der Waals surface area contributed by atoms with Gasteiger partial charge in [0.2, 0.25) is 0 Å². The Bertz CT molecular complexity index is 410. The lowest BCUT2D eigenvalue weighted by Gasteiger charge is -2.35. The summed E-state index contributed by atoms with van der Waals surface area (Å²) in [7, 11) is 0. The van der Waals surface area contributed by atoms with Gasteiger partial charge in [0.15, 0.2) is 0 Å². The molecule has 0 N–H and O–H groups in total. The Balaban J connectivity index is 1.78. The van der Waals surface area contributed by atoms with Gasteiger partial charge in [0.1, 0.15) is 0 Å². The normalized spacial score (nSPS) is 26.3. The highest BCUT2D eigenvalue weighted by Crippen LogP contribution is 2.26. The van der Waals surface area contributed by atoms with Crippen molar-refractivity contribution >= 4 is 0 Å². The van der Waals surface area contributed by atoms with Crippen LogP contribution < -0.4 is 0 Å². The van der Waals surface area contributed by atoms with Gasteiger partial charge >= 0.3 is 0 Å². The van der Waals surface area contributed by atoms with Gasteiger partial charge in [-0.15, -0.1) is 0 Å². The number of hydrogen-bond acceptors (Lipinski definition) is 2. The molecule has 0 radical (unpaired) electrons. The largest absolute Gasteiger partial charge is 0.299 e. The second kappa shape index (κ2) is 9.03. The van der Waals surface area contributed by atoms with Gasteiger partial charge in [0.05, 0.1) is 0 Å². The average Bonchev–Trinajstić information content (AvgIpc) is 2.59. The molecule has 2 heterocycles. The minimum Gasteiger partial charge on any atom is -0.299 e. The third-order valence-corrected chi connectivity index (χ3v) is 6.01.